The molecular formula is C13H17Br2NO. The maximum atomic E-state index is 12.2. The number of hydrogen-bond donors (Lipinski definition) is 0. The normalized spacial score (nSPS) is 12.3. The zero-order chi connectivity index (χ0) is 13.0. The van der Waals surface area contributed by atoms with Crippen molar-refractivity contribution in [1.29, 1.82) is 0 Å². The van der Waals surface area contributed by atoms with Gasteiger partial charge in [-0.15, -0.1) is 0 Å². The van der Waals surface area contributed by atoms with Crippen molar-refractivity contribution in [1.82, 2.24) is 4.90 Å². The molecule has 0 aliphatic rings. The van der Waals surface area contributed by atoms with Crippen molar-refractivity contribution in [2.45, 2.75) is 25.1 Å². The minimum absolute atomic E-state index is 0.0805. The van der Waals surface area contributed by atoms with Crippen LogP contribution in [0.25, 0.3) is 0 Å². The Morgan fingerprint density at radius 1 is 1.47 bits per heavy atom. The Morgan fingerprint density at radius 3 is 2.71 bits per heavy atom. The number of nitrogens with zero attached hydrogens (tertiary/aromatic N) is 1. The first kappa shape index (κ1) is 14.7. The van der Waals surface area contributed by atoms with E-state index in [4.69, 9.17) is 0 Å². The van der Waals surface area contributed by atoms with Crippen LogP contribution in [0.4, 0.5) is 0 Å². The Morgan fingerprint density at radius 2 is 2.12 bits per heavy atom. The van der Waals surface area contributed by atoms with E-state index < -0.39 is 0 Å². The van der Waals surface area contributed by atoms with Gasteiger partial charge in [-0.25, -0.2) is 0 Å². The van der Waals surface area contributed by atoms with Gasteiger partial charge in [0.15, 0.2) is 0 Å². The fraction of sp³-hybridized carbons (Fsp3) is 0.462. The molecule has 0 aliphatic carbocycles. The Hall–Kier alpha value is -0.350. The summed E-state index contributed by atoms with van der Waals surface area (Å²) in [6.45, 7) is 4.80. The van der Waals surface area contributed by atoms with E-state index in [1.807, 2.05) is 32.2 Å². The molecule has 17 heavy (non-hydrogen) atoms. The molecule has 1 unspecified atom stereocenters. The van der Waals surface area contributed by atoms with Gasteiger partial charge in [0.05, 0.1) is 0 Å². The molecule has 0 aliphatic heterocycles. The quantitative estimate of drug-likeness (QED) is 0.741. The number of amides is 1. The van der Waals surface area contributed by atoms with Crippen LogP contribution in [0.2, 0.25) is 0 Å². The van der Waals surface area contributed by atoms with Crippen LogP contribution in [0.5, 0.6) is 0 Å². The fourth-order valence-electron chi connectivity index (χ4n) is 1.52. The standard InChI is InChI=1S/C13H17Br2NO/c1-9(14)7-8-16(3)13(17)11-5-4-6-12(15)10(11)2/h4-6,9H,7-8H2,1-3H3. The summed E-state index contributed by atoms with van der Waals surface area (Å²) in [6, 6.07) is 5.72. The summed E-state index contributed by atoms with van der Waals surface area (Å²) in [7, 11) is 1.85. The van der Waals surface area contributed by atoms with E-state index in [1.54, 1.807) is 4.90 Å². The van der Waals surface area contributed by atoms with Crippen LogP contribution in [0.15, 0.2) is 22.7 Å². The molecule has 4 heteroatoms. The molecule has 1 rings (SSSR count). The average molecular weight is 363 g/mol. The number of benzene rings is 1. The molecule has 1 amide bonds. The van der Waals surface area contributed by atoms with Crippen LogP contribution >= 0.6 is 31.9 Å². The largest absolute Gasteiger partial charge is 0.342 e. The van der Waals surface area contributed by atoms with Crippen molar-refractivity contribution in [3.05, 3.63) is 33.8 Å². The van der Waals surface area contributed by atoms with E-state index in [-0.39, 0.29) is 5.91 Å². The number of carbonyl (C=O) groups excluding carboxylic acids is 1. The second kappa shape index (κ2) is 6.55. The van der Waals surface area contributed by atoms with Crippen LogP contribution in [0.3, 0.4) is 0 Å². The number of rotatable bonds is 4. The molecule has 0 fully saturated rings. The molecule has 0 saturated heterocycles. The van der Waals surface area contributed by atoms with Crippen molar-refractivity contribution < 1.29 is 4.79 Å². The topological polar surface area (TPSA) is 20.3 Å². The van der Waals surface area contributed by atoms with E-state index in [1.165, 1.54) is 0 Å². The summed E-state index contributed by atoms with van der Waals surface area (Å²) in [5.41, 5.74) is 1.76. The van der Waals surface area contributed by atoms with Gasteiger partial charge in [0.2, 0.25) is 0 Å². The molecule has 0 heterocycles. The zero-order valence-corrected chi connectivity index (χ0v) is 13.5. The zero-order valence-electron chi connectivity index (χ0n) is 10.3. The molecule has 0 aromatic heterocycles. The second-order valence-corrected chi connectivity index (χ2v) is 6.63. The molecule has 94 valence electrons. The predicted molar refractivity (Wildman–Crippen MR) is 78.8 cm³/mol. The SMILES string of the molecule is Cc1c(Br)cccc1C(=O)N(C)CCC(C)Br. The van der Waals surface area contributed by atoms with Crippen molar-refractivity contribution in [3.63, 3.8) is 0 Å². The first-order valence-electron chi connectivity index (χ1n) is 5.58. The third-order valence-electron chi connectivity index (χ3n) is 2.71. The van der Waals surface area contributed by atoms with Crippen molar-refractivity contribution in [2.75, 3.05) is 13.6 Å². The maximum absolute atomic E-state index is 12.2. The molecular weight excluding hydrogens is 346 g/mol. The molecule has 1 atom stereocenters. The minimum Gasteiger partial charge on any atom is -0.342 e. The van der Waals surface area contributed by atoms with Crippen LogP contribution in [0, 0.1) is 6.92 Å². The van der Waals surface area contributed by atoms with Crippen LogP contribution in [-0.4, -0.2) is 29.2 Å². The highest BCUT2D eigenvalue weighted by molar-refractivity contribution is 9.10. The Balaban J connectivity index is 2.78. The van der Waals surface area contributed by atoms with Gasteiger partial charge in [-0.1, -0.05) is 44.8 Å². The van der Waals surface area contributed by atoms with Gasteiger partial charge >= 0.3 is 0 Å². The lowest BCUT2D eigenvalue weighted by Crippen LogP contribution is -2.29. The van der Waals surface area contributed by atoms with E-state index in [2.05, 4.69) is 38.8 Å². The number of carbonyl (C=O) groups is 1. The van der Waals surface area contributed by atoms with E-state index >= 15 is 0 Å². The minimum atomic E-state index is 0.0805. The van der Waals surface area contributed by atoms with Gasteiger partial charge in [-0.3, -0.25) is 4.79 Å². The van der Waals surface area contributed by atoms with Gasteiger partial charge in [0, 0.05) is 28.5 Å². The highest BCUT2D eigenvalue weighted by Gasteiger charge is 2.15. The van der Waals surface area contributed by atoms with Gasteiger partial charge in [0.1, 0.15) is 0 Å². The summed E-state index contributed by atoms with van der Waals surface area (Å²) in [5, 5.41) is 0. The summed E-state index contributed by atoms with van der Waals surface area (Å²) in [4.78, 5) is 14.4. The lowest BCUT2D eigenvalue weighted by atomic mass is 10.1. The van der Waals surface area contributed by atoms with Crippen molar-refractivity contribution >= 4 is 37.8 Å². The van der Waals surface area contributed by atoms with Gasteiger partial charge < -0.3 is 4.90 Å². The summed E-state index contributed by atoms with van der Waals surface area (Å²) >= 11 is 6.94. The Labute approximate surface area is 120 Å². The van der Waals surface area contributed by atoms with Crippen molar-refractivity contribution in [2.24, 2.45) is 0 Å². The molecule has 0 bridgehead atoms. The molecule has 0 N–H and O–H groups in total. The molecule has 1 aromatic rings. The predicted octanol–water partition coefficient (Wildman–Crippen LogP) is 4.00. The number of alkyl halides is 1. The average Bonchev–Trinajstić information content (AvgIpc) is 2.28. The third kappa shape index (κ3) is 4.11. The van der Waals surface area contributed by atoms with Crippen LogP contribution in [-0.2, 0) is 0 Å². The Bertz CT molecular complexity index is 404. The first-order valence-corrected chi connectivity index (χ1v) is 7.29. The highest BCUT2D eigenvalue weighted by Crippen LogP contribution is 2.20. The van der Waals surface area contributed by atoms with E-state index in [0.717, 1.165) is 28.6 Å². The van der Waals surface area contributed by atoms with Crippen molar-refractivity contribution in [3.8, 4) is 0 Å². The monoisotopic (exact) mass is 361 g/mol. The first-order chi connectivity index (χ1) is 7.93. The molecule has 0 radical (unpaired) electrons. The molecule has 0 saturated carbocycles. The fourth-order valence-corrected chi connectivity index (χ4v) is 2.09. The lowest BCUT2D eigenvalue weighted by Gasteiger charge is -2.19. The summed E-state index contributed by atoms with van der Waals surface area (Å²) in [6.07, 6.45) is 0.954. The van der Waals surface area contributed by atoms with Crippen LogP contribution < -0.4 is 0 Å². The Kier molecular flexibility index (Phi) is 5.67. The number of hydrogen-bond acceptors (Lipinski definition) is 1. The second-order valence-electron chi connectivity index (χ2n) is 4.21. The van der Waals surface area contributed by atoms with Crippen LogP contribution in [0.1, 0.15) is 29.3 Å². The van der Waals surface area contributed by atoms with Gasteiger partial charge in [-0.05, 0) is 31.0 Å². The van der Waals surface area contributed by atoms with E-state index in [9.17, 15) is 4.79 Å². The highest BCUT2D eigenvalue weighted by atomic mass is 79.9. The molecule has 2 nitrogen and oxygen atoms in total. The third-order valence-corrected chi connectivity index (χ3v) is 4.02. The van der Waals surface area contributed by atoms with Gasteiger partial charge in [-0.2, -0.15) is 0 Å². The van der Waals surface area contributed by atoms with E-state index in [0.29, 0.717) is 4.83 Å². The summed E-state index contributed by atoms with van der Waals surface area (Å²) < 4.78 is 0.977. The smallest absolute Gasteiger partial charge is 0.253 e. The summed E-state index contributed by atoms with van der Waals surface area (Å²) in [5.74, 6) is 0.0805. The number of halogens is 2. The van der Waals surface area contributed by atoms with Gasteiger partial charge in [0.25, 0.3) is 5.91 Å². The molecule has 0 spiro atoms. The maximum Gasteiger partial charge on any atom is 0.253 e. The lowest BCUT2D eigenvalue weighted by molar-refractivity contribution is 0.0793. The molecule has 1 aromatic carbocycles.